The van der Waals surface area contributed by atoms with E-state index in [1.807, 2.05) is 36.7 Å². The van der Waals surface area contributed by atoms with Crippen molar-refractivity contribution in [1.29, 1.82) is 0 Å². The predicted octanol–water partition coefficient (Wildman–Crippen LogP) is 5.38. The molecule has 0 radical (unpaired) electrons. The van der Waals surface area contributed by atoms with Gasteiger partial charge in [0.15, 0.2) is 5.82 Å². The van der Waals surface area contributed by atoms with Crippen LogP contribution in [-0.2, 0) is 0 Å². The summed E-state index contributed by atoms with van der Waals surface area (Å²) in [6.07, 6.45) is 6.08. The largest absolute Gasteiger partial charge is 0.384 e. The van der Waals surface area contributed by atoms with Crippen LogP contribution in [0, 0.1) is 0 Å². The lowest BCUT2D eigenvalue weighted by Gasteiger charge is -2.08. The van der Waals surface area contributed by atoms with Crippen LogP contribution in [0.1, 0.15) is 19.8 Å². The second-order valence-electron chi connectivity index (χ2n) is 7.18. The Morgan fingerprint density at radius 3 is 2.79 bits per heavy atom. The summed E-state index contributed by atoms with van der Waals surface area (Å²) in [5.74, 6) is 0.766. The molecule has 0 amide bonds. The lowest BCUT2D eigenvalue weighted by atomic mass is 10.0. The maximum atomic E-state index is 4.70. The Morgan fingerprint density at radius 2 is 1.90 bits per heavy atom. The van der Waals surface area contributed by atoms with Gasteiger partial charge in [-0.1, -0.05) is 31.5 Å². The van der Waals surface area contributed by atoms with E-state index in [2.05, 4.69) is 56.7 Å². The molecule has 144 valence electrons. The molecule has 5 rings (SSSR count). The van der Waals surface area contributed by atoms with Gasteiger partial charge in [0, 0.05) is 29.9 Å². The van der Waals surface area contributed by atoms with Gasteiger partial charge in [-0.25, -0.2) is 4.98 Å². The van der Waals surface area contributed by atoms with E-state index >= 15 is 0 Å². The van der Waals surface area contributed by atoms with Crippen LogP contribution in [0.15, 0.2) is 60.9 Å². The van der Waals surface area contributed by atoms with Gasteiger partial charge in [-0.05, 0) is 42.3 Å². The smallest absolute Gasteiger partial charge is 0.159 e. The Labute approximate surface area is 168 Å². The van der Waals surface area contributed by atoms with Crippen LogP contribution in [-0.4, -0.2) is 31.7 Å². The number of nitrogens with zero attached hydrogens (tertiary/aromatic N) is 3. The van der Waals surface area contributed by atoms with Crippen molar-refractivity contribution in [3.05, 3.63) is 60.9 Å². The molecule has 6 heteroatoms. The average molecular weight is 382 g/mol. The standard InChI is InChI=1S/C23H22N6/c1-2-3-10-25-17-11-16(13-24-14-17)15-8-9-19-18(12-15)22(29-28-19)23-26-20-6-4-5-7-21(20)27-23/h4-9,11-14,25H,2-3,10H2,1H3,(H,26,27)(H,28,29). The number of para-hydroxylation sites is 2. The SMILES string of the molecule is CCCCNc1cncc(-c2ccc3[nH]nc(-c4nc5ccccc5[nH]4)c3c2)c1. The second kappa shape index (κ2) is 7.39. The summed E-state index contributed by atoms with van der Waals surface area (Å²) in [5.41, 5.74) is 6.96. The topological polar surface area (TPSA) is 82.3 Å². The molecule has 0 fully saturated rings. The van der Waals surface area contributed by atoms with Crippen molar-refractivity contribution in [3.63, 3.8) is 0 Å². The number of benzene rings is 2. The van der Waals surface area contributed by atoms with Crippen molar-refractivity contribution in [3.8, 4) is 22.6 Å². The third-order valence-corrected chi connectivity index (χ3v) is 5.11. The summed E-state index contributed by atoms with van der Waals surface area (Å²) in [4.78, 5) is 12.5. The van der Waals surface area contributed by atoms with Gasteiger partial charge < -0.3 is 10.3 Å². The molecular weight excluding hydrogens is 360 g/mol. The van der Waals surface area contributed by atoms with Gasteiger partial charge in [0.25, 0.3) is 0 Å². The van der Waals surface area contributed by atoms with E-state index in [0.717, 1.165) is 63.2 Å². The fraction of sp³-hybridized carbons (Fsp3) is 0.174. The van der Waals surface area contributed by atoms with E-state index in [4.69, 9.17) is 4.98 Å². The highest BCUT2D eigenvalue weighted by atomic mass is 15.1. The monoisotopic (exact) mass is 382 g/mol. The molecule has 0 aliphatic rings. The predicted molar refractivity (Wildman–Crippen MR) is 118 cm³/mol. The van der Waals surface area contributed by atoms with Crippen molar-refractivity contribution in [2.24, 2.45) is 0 Å². The van der Waals surface area contributed by atoms with Crippen molar-refractivity contribution < 1.29 is 0 Å². The van der Waals surface area contributed by atoms with Crippen LogP contribution < -0.4 is 5.32 Å². The highest BCUT2D eigenvalue weighted by molar-refractivity contribution is 5.95. The Bertz CT molecular complexity index is 1250. The molecule has 3 aromatic heterocycles. The van der Waals surface area contributed by atoms with Crippen LogP contribution in [0.25, 0.3) is 44.6 Å². The number of aromatic nitrogens is 5. The number of hydrogen-bond acceptors (Lipinski definition) is 4. The van der Waals surface area contributed by atoms with Crippen LogP contribution in [0.5, 0.6) is 0 Å². The molecule has 0 bridgehead atoms. The summed E-state index contributed by atoms with van der Waals surface area (Å²) in [5, 5.41) is 12.1. The maximum Gasteiger partial charge on any atom is 0.159 e. The Balaban J connectivity index is 1.54. The molecule has 2 aromatic carbocycles. The second-order valence-corrected chi connectivity index (χ2v) is 7.18. The van der Waals surface area contributed by atoms with Crippen LogP contribution in [0.2, 0.25) is 0 Å². The molecule has 3 heterocycles. The Morgan fingerprint density at radius 1 is 0.966 bits per heavy atom. The normalized spacial score (nSPS) is 11.3. The molecule has 5 aromatic rings. The minimum Gasteiger partial charge on any atom is -0.384 e. The molecule has 0 saturated heterocycles. The molecular formula is C23H22N6. The Hall–Kier alpha value is -3.67. The molecule has 0 aliphatic heterocycles. The van der Waals surface area contributed by atoms with Crippen molar-refractivity contribution in [2.45, 2.75) is 19.8 Å². The summed E-state index contributed by atoms with van der Waals surface area (Å²) in [7, 11) is 0. The first-order valence-electron chi connectivity index (χ1n) is 9.94. The summed E-state index contributed by atoms with van der Waals surface area (Å²) in [6.45, 7) is 3.15. The first kappa shape index (κ1) is 17.4. The third-order valence-electron chi connectivity index (χ3n) is 5.11. The summed E-state index contributed by atoms with van der Waals surface area (Å²) in [6, 6.07) is 16.4. The third kappa shape index (κ3) is 3.33. The van der Waals surface area contributed by atoms with Gasteiger partial charge in [0.2, 0.25) is 0 Å². The Kier molecular flexibility index (Phi) is 4.44. The number of H-pyrrole nitrogens is 2. The van der Waals surface area contributed by atoms with E-state index in [1.165, 1.54) is 6.42 Å². The molecule has 29 heavy (non-hydrogen) atoms. The lowest BCUT2D eigenvalue weighted by Crippen LogP contribution is -2.01. The molecule has 0 aliphatic carbocycles. The van der Waals surface area contributed by atoms with E-state index in [9.17, 15) is 0 Å². The van der Waals surface area contributed by atoms with Gasteiger partial charge in [-0.3, -0.25) is 10.1 Å². The molecule has 6 nitrogen and oxygen atoms in total. The molecule has 3 N–H and O–H groups in total. The number of rotatable bonds is 6. The zero-order valence-corrected chi connectivity index (χ0v) is 16.2. The number of fused-ring (bicyclic) bond motifs is 2. The number of unbranched alkanes of at least 4 members (excludes halogenated alkanes) is 1. The number of nitrogens with one attached hydrogen (secondary N) is 3. The van der Waals surface area contributed by atoms with Crippen LogP contribution in [0.3, 0.4) is 0 Å². The molecule has 0 atom stereocenters. The first-order chi connectivity index (χ1) is 14.3. The highest BCUT2D eigenvalue weighted by Crippen LogP contribution is 2.30. The zero-order valence-electron chi connectivity index (χ0n) is 16.2. The van der Waals surface area contributed by atoms with Gasteiger partial charge in [-0.15, -0.1) is 0 Å². The van der Waals surface area contributed by atoms with E-state index in [-0.39, 0.29) is 0 Å². The summed E-state index contributed by atoms with van der Waals surface area (Å²) >= 11 is 0. The first-order valence-corrected chi connectivity index (χ1v) is 9.94. The van der Waals surface area contributed by atoms with Crippen LogP contribution >= 0.6 is 0 Å². The molecule has 0 saturated carbocycles. The molecule has 0 unspecified atom stereocenters. The van der Waals surface area contributed by atoms with E-state index in [1.54, 1.807) is 0 Å². The number of aromatic amines is 2. The lowest BCUT2D eigenvalue weighted by molar-refractivity contribution is 0.834. The van der Waals surface area contributed by atoms with Crippen molar-refractivity contribution in [2.75, 3.05) is 11.9 Å². The van der Waals surface area contributed by atoms with Crippen molar-refractivity contribution >= 4 is 27.6 Å². The minimum absolute atomic E-state index is 0.766. The van der Waals surface area contributed by atoms with E-state index in [0.29, 0.717) is 0 Å². The minimum atomic E-state index is 0.766. The van der Waals surface area contributed by atoms with E-state index < -0.39 is 0 Å². The average Bonchev–Trinajstić information content (AvgIpc) is 3.37. The molecule has 0 spiro atoms. The van der Waals surface area contributed by atoms with Gasteiger partial charge in [0.05, 0.1) is 22.2 Å². The quantitative estimate of drug-likeness (QED) is 0.344. The number of anilines is 1. The fourth-order valence-electron chi connectivity index (χ4n) is 3.54. The maximum absolute atomic E-state index is 4.70. The van der Waals surface area contributed by atoms with Crippen molar-refractivity contribution in [1.82, 2.24) is 25.1 Å². The van der Waals surface area contributed by atoms with Gasteiger partial charge >= 0.3 is 0 Å². The van der Waals surface area contributed by atoms with Crippen LogP contribution in [0.4, 0.5) is 5.69 Å². The zero-order chi connectivity index (χ0) is 19.6. The van der Waals surface area contributed by atoms with Gasteiger partial charge in [0.1, 0.15) is 5.69 Å². The number of hydrogen-bond donors (Lipinski definition) is 3. The fourth-order valence-corrected chi connectivity index (χ4v) is 3.54. The number of imidazole rings is 1. The highest BCUT2D eigenvalue weighted by Gasteiger charge is 2.13. The number of pyridine rings is 1. The van der Waals surface area contributed by atoms with Gasteiger partial charge in [-0.2, -0.15) is 5.10 Å². The summed E-state index contributed by atoms with van der Waals surface area (Å²) < 4.78 is 0.